The zero-order valence-corrected chi connectivity index (χ0v) is 41.3. The molecule has 0 aliphatic heterocycles. The molecule has 0 amide bonds. The van der Waals surface area contributed by atoms with E-state index in [0.29, 0.717) is 32.1 Å². The number of aliphatic hydroxyl groups excluding tert-OH is 4. The summed E-state index contributed by atoms with van der Waals surface area (Å²) >= 11 is 0. The number of unbranched alkanes of at least 4 members (excludes halogenated alkanes) is 22. The predicted molar refractivity (Wildman–Crippen MR) is 252 cm³/mol. The van der Waals surface area contributed by atoms with E-state index in [0.717, 1.165) is 57.3 Å². The van der Waals surface area contributed by atoms with E-state index in [1.165, 1.54) is 96.3 Å². The lowest BCUT2D eigenvalue weighted by Gasteiger charge is -2.20. The predicted octanol–water partition coefficient (Wildman–Crippen LogP) is 10.8. The summed E-state index contributed by atoms with van der Waals surface area (Å²) in [5.41, 5.74) is 0. The highest BCUT2D eigenvalue weighted by Gasteiger charge is 2.39. The van der Waals surface area contributed by atoms with Gasteiger partial charge in [-0.3, -0.25) is 23.4 Å². The summed E-state index contributed by atoms with van der Waals surface area (Å²) < 4.78 is 32.9. The van der Waals surface area contributed by atoms with Crippen molar-refractivity contribution in [1.82, 2.24) is 0 Å². The minimum Gasteiger partial charge on any atom is -0.462 e. The minimum absolute atomic E-state index is 0.00719. The van der Waals surface area contributed by atoms with Gasteiger partial charge in [0.05, 0.1) is 32.0 Å². The molecule has 1 rings (SSSR count). The number of ketones is 1. The van der Waals surface area contributed by atoms with E-state index in [4.69, 9.17) is 23.6 Å². The number of Topliss-reactive ketones (excluding diaryl/α,β-unsaturated/α-hetero) is 1. The summed E-state index contributed by atoms with van der Waals surface area (Å²) in [6.45, 7) is 4.40. The number of ether oxygens (including phenoxy) is 2. The third-order valence-corrected chi connectivity index (χ3v) is 13.2. The van der Waals surface area contributed by atoms with E-state index in [9.17, 15) is 39.2 Å². The zero-order chi connectivity index (χ0) is 47.3. The van der Waals surface area contributed by atoms with Gasteiger partial charge in [-0.25, -0.2) is 4.57 Å². The molecule has 13 nitrogen and oxygen atoms in total. The number of esters is 2. The van der Waals surface area contributed by atoms with Gasteiger partial charge in [0.15, 0.2) is 6.10 Å². The van der Waals surface area contributed by atoms with Crippen LogP contribution in [0.3, 0.4) is 0 Å². The van der Waals surface area contributed by atoms with E-state index in [-0.39, 0.29) is 31.0 Å². The van der Waals surface area contributed by atoms with Crippen LogP contribution in [-0.4, -0.2) is 93.9 Å². The smallest absolute Gasteiger partial charge is 0.462 e. The van der Waals surface area contributed by atoms with Crippen molar-refractivity contribution in [3.8, 4) is 0 Å². The number of carbonyl (C=O) groups is 3. The first-order valence-electron chi connectivity index (χ1n) is 25.6. The first kappa shape index (κ1) is 60.3. The molecule has 64 heavy (non-hydrogen) atoms. The molecule has 0 aromatic carbocycles. The van der Waals surface area contributed by atoms with Crippen LogP contribution in [0.1, 0.15) is 220 Å². The van der Waals surface area contributed by atoms with Crippen LogP contribution in [0.4, 0.5) is 0 Å². The highest BCUT2D eigenvalue weighted by Crippen LogP contribution is 2.43. The monoisotopic (exact) mass is 933 g/mol. The van der Waals surface area contributed by atoms with Gasteiger partial charge in [0.25, 0.3) is 0 Å². The highest BCUT2D eigenvalue weighted by molar-refractivity contribution is 7.47. The molecule has 7 atom stereocenters. The number of phosphoric ester groups is 1. The largest absolute Gasteiger partial charge is 0.472 e. The lowest BCUT2D eigenvalue weighted by molar-refractivity contribution is -0.161. The van der Waals surface area contributed by atoms with E-state index in [1.807, 2.05) is 0 Å². The van der Waals surface area contributed by atoms with Gasteiger partial charge in [-0.05, 0) is 37.5 Å². The second-order valence-electron chi connectivity index (χ2n) is 18.8. The molecule has 0 heterocycles. The number of phosphoric acid groups is 1. The molecule has 14 heteroatoms. The van der Waals surface area contributed by atoms with Crippen molar-refractivity contribution in [1.29, 1.82) is 0 Å². The summed E-state index contributed by atoms with van der Waals surface area (Å²) in [5, 5.41) is 39.2. The molecule has 1 fully saturated rings. The fourth-order valence-corrected chi connectivity index (χ4v) is 9.05. The van der Waals surface area contributed by atoms with Crippen molar-refractivity contribution < 1.29 is 62.8 Å². The maximum absolute atomic E-state index is 12.7. The van der Waals surface area contributed by atoms with Crippen LogP contribution >= 0.6 is 7.82 Å². The Morgan fingerprint density at radius 3 is 1.70 bits per heavy atom. The number of hydrogen-bond donors (Lipinski definition) is 5. The van der Waals surface area contributed by atoms with Gasteiger partial charge in [0, 0.05) is 25.2 Å². The molecule has 0 aromatic heterocycles. The van der Waals surface area contributed by atoms with E-state index in [1.54, 1.807) is 12.2 Å². The Kier molecular flexibility index (Phi) is 37.0. The van der Waals surface area contributed by atoms with Crippen LogP contribution in [0.2, 0.25) is 0 Å². The number of hydrogen-bond acceptors (Lipinski definition) is 12. The van der Waals surface area contributed by atoms with Gasteiger partial charge in [0.2, 0.25) is 0 Å². The maximum atomic E-state index is 12.7. The number of allylic oxidation sites excluding steroid dienone is 1. The van der Waals surface area contributed by atoms with Gasteiger partial charge in [0.1, 0.15) is 18.5 Å². The van der Waals surface area contributed by atoms with Crippen LogP contribution in [-0.2, 0) is 37.5 Å². The van der Waals surface area contributed by atoms with Crippen LogP contribution in [0.5, 0.6) is 0 Å². The molecule has 0 bridgehead atoms. The molecule has 1 aliphatic carbocycles. The Morgan fingerprint density at radius 1 is 0.688 bits per heavy atom. The normalized spacial score (nSPS) is 19.0. The van der Waals surface area contributed by atoms with Gasteiger partial charge >= 0.3 is 19.8 Å². The summed E-state index contributed by atoms with van der Waals surface area (Å²) in [6.07, 6.45) is 30.8. The van der Waals surface area contributed by atoms with Crippen LogP contribution in [0.15, 0.2) is 12.2 Å². The average molecular weight is 933 g/mol. The van der Waals surface area contributed by atoms with Gasteiger partial charge < -0.3 is 34.8 Å². The molecule has 1 unspecified atom stereocenters. The number of rotatable bonds is 44. The summed E-state index contributed by atoms with van der Waals surface area (Å²) in [6, 6.07) is 0. The highest BCUT2D eigenvalue weighted by atomic mass is 31.2. The van der Waals surface area contributed by atoms with Crippen LogP contribution in [0.25, 0.3) is 0 Å². The van der Waals surface area contributed by atoms with Crippen molar-refractivity contribution in [3.63, 3.8) is 0 Å². The lowest BCUT2D eigenvalue weighted by Crippen LogP contribution is -2.29. The SMILES string of the molecule is CCCCC[C@H](O)/C=C/[C@H]1C(=O)C[C@H](O)[C@@H]1CCCCCCC(=O)OC[C@H](COP(=O)(O)OC[C@@H](O)CO)OC(=O)CCCCCCCCCCCCCCCCCCCCC(C)C. The zero-order valence-electron chi connectivity index (χ0n) is 40.4. The van der Waals surface area contributed by atoms with Crippen molar-refractivity contribution in [2.75, 3.05) is 26.4 Å². The molecule has 0 saturated heterocycles. The Balaban J connectivity index is 2.32. The van der Waals surface area contributed by atoms with Crippen molar-refractivity contribution in [2.24, 2.45) is 17.8 Å². The van der Waals surface area contributed by atoms with Gasteiger partial charge in [-0.1, -0.05) is 187 Å². The van der Waals surface area contributed by atoms with E-state index >= 15 is 0 Å². The second-order valence-corrected chi connectivity index (χ2v) is 20.3. The molecular formula is C50H93O13P. The molecule has 5 N–H and O–H groups in total. The quantitative estimate of drug-likeness (QED) is 0.0167. The summed E-state index contributed by atoms with van der Waals surface area (Å²) in [7, 11) is -4.68. The van der Waals surface area contributed by atoms with Crippen molar-refractivity contribution >= 4 is 25.5 Å². The standard InChI is InChI=1S/C50H93O13P/c1-4-5-24-30-42(52)34-35-46-45(47(54)36-48(46)55)31-26-22-23-27-32-49(56)60-39-44(40-62-64(58,59)61-38-43(53)37-51)63-50(57)33-28-21-19-17-15-13-11-9-7-6-8-10-12-14-16-18-20-25-29-41(2)3/h34-35,41-47,51-54H,4-33,36-40H2,1-3H3,(H,58,59)/b35-34+/t42-,43-,44+,45+,46+,47-/m0/s1. The lowest BCUT2D eigenvalue weighted by atomic mass is 9.88. The first-order chi connectivity index (χ1) is 30.8. The van der Waals surface area contributed by atoms with Gasteiger partial charge in [-0.2, -0.15) is 0 Å². The molecule has 376 valence electrons. The number of aliphatic hydroxyl groups is 4. The van der Waals surface area contributed by atoms with E-state index in [2.05, 4.69) is 20.8 Å². The Hall–Kier alpha value is -1.70. The van der Waals surface area contributed by atoms with E-state index < -0.39 is 76.5 Å². The van der Waals surface area contributed by atoms with Gasteiger partial charge in [-0.15, -0.1) is 0 Å². The Labute approximate surface area is 387 Å². The van der Waals surface area contributed by atoms with Crippen LogP contribution < -0.4 is 0 Å². The third-order valence-electron chi connectivity index (χ3n) is 12.3. The fourth-order valence-electron chi connectivity index (χ4n) is 8.26. The maximum Gasteiger partial charge on any atom is 0.472 e. The minimum atomic E-state index is -4.68. The van der Waals surface area contributed by atoms with Crippen LogP contribution in [0, 0.1) is 17.8 Å². The third kappa shape index (κ3) is 33.7. The fraction of sp³-hybridized carbons (Fsp3) is 0.900. The molecule has 1 saturated carbocycles. The molecule has 1 aliphatic rings. The first-order valence-corrected chi connectivity index (χ1v) is 27.1. The Bertz CT molecular complexity index is 1250. The molecule has 0 radical (unpaired) electrons. The summed E-state index contributed by atoms with van der Waals surface area (Å²) in [5.74, 6) is -0.848. The topological polar surface area (TPSA) is 206 Å². The second kappa shape index (κ2) is 39.3. The van der Waals surface area contributed by atoms with Crippen molar-refractivity contribution in [2.45, 2.75) is 244 Å². The molecule has 0 spiro atoms. The molecule has 0 aromatic rings. The summed E-state index contributed by atoms with van der Waals surface area (Å²) in [4.78, 5) is 47.9. The number of carbonyl (C=O) groups excluding carboxylic acids is 3. The average Bonchev–Trinajstić information content (AvgIpc) is 3.53. The molecular weight excluding hydrogens is 840 g/mol. The Morgan fingerprint density at radius 2 is 1.17 bits per heavy atom. The van der Waals surface area contributed by atoms with Crippen molar-refractivity contribution in [3.05, 3.63) is 12.2 Å².